The van der Waals surface area contributed by atoms with Crippen molar-refractivity contribution < 1.29 is 22.6 Å². The first-order valence-electron chi connectivity index (χ1n) is 12.0. The molecule has 0 saturated carbocycles. The third-order valence-corrected chi connectivity index (χ3v) is 8.42. The first-order chi connectivity index (χ1) is 17.3. The van der Waals surface area contributed by atoms with Gasteiger partial charge < -0.3 is 14.2 Å². The van der Waals surface area contributed by atoms with Gasteiger partial charge >= 0.3 is 0 Å². The molecule has 3 aromatic carbocycles. The van der Waals surface area contributed by atoms with Crippen LogP contribution in [0, 0.1) is 6.92 Å². The van der Waals surface area contributed by atoms with Crippen LogP contribution in [0.5, 0.6) is 17.2 Å². The summed E-state index contributed by atoms with van der Waals surface area (Å²) in [5, 5.41) is 0. The lowest BCUT2D eigenvalue weighted by Gasteiger charge is -2.41. The number of methoxy groups -OCH3 is 3. The zero-order chi connectivity index (χ0) is 25.9. The fourth-order valence-corrected chi connectivity index (χ4v) is 6.18. The van der Waals surface area contributed by atoms with Gasteiger partial charge in [-0.25, -0.2) is 13.1 Å². The van der Waals surface area contributed by atoms with Crippen molar-refractivity contribution in [3.63, 3.8) is 0 Å². The molecule has 3 aromatic rings. The second-order valence-electron chi connectivity index (χ2n) is 9.08. The number of nitrogens with zero attached hydrogens (tertiary/aromatic N) is 1. The van der Waals surface area contributed by atoms with Crippen molar-refractivity contribution in [1.82, 2.24) is 9.62 Å². The van der Waals surface area contributed by atoms with E-state index in [9.17, 15) is 8.42 Å². The molecule has 8 heteroatoms. The molecule has 4 rings (SSSR count). The lowest BCUT2D eigenvalue weighted by molar-refractivity contribution is 0.150. The minimum absolute atomic E-state index is 0.198. The predicted octanol–water partition coefficient (Wildman–Crippen LogP) is 4.49. The van der Waals surface area contributed by atoms with Gasteiger partial charge in [0.2, 0.25) is 10.0 Å². The highest BCUT2D eigenvalue weighted by Gasteiger charge is 2.35. The first-order valence-corrected chi connectivity index (χ1v) is 13.5. The smallest absolute Gasteiger partial charge is 0.240 e. The summed E-state index contributed by atoms with van der Waals surface area (Å²) in [6.07, 6.45) is 0.829. The molecule has 7 nitrogen and oxygen atoms in total. The number of benzene rings is 3. The maximum atomic E-state index is 13.3. The quantitative estimate of drug-likeness (QED) is 0.457. The van der Waals surface area contributed by atoms with Crippen molar-refractivity contribution in [3.8, 4) is 17.2 Å². The van der Waals surface area contributed by atoms with Gasteiger partial charge in [0, 0.05) is 19.1 Å². The van der Waals surface area contributed by atoms with E-state index in [1.807, 2.05) is 31.2 Å². The first kappa shape index (κ1) is 26.0. The predicted molar refractivity (Wildman–Crippen MR) is 140 cm³/mol. The Kier molecular flexibility index (Phi) is 7.88. The van der Waals surface area contributed by atoms with Crippen LogP contribution in [0.2, 0.25) is 0 Å². The number of rotatable bonds is 9. The van der Waals surface area contributed by atoms with Crippen LogP contribution in [0.1, 0.15) is 35.2 Å². The highest BCUT2D eigenvalue weighted by atomic mass is 32.2. The molecule has 2 atom stereocenters. The number of ether oxygens (including phenoxy) is 3. The average Bonchev–Trinajstić information content (AvgIpc) is 2.88. The molecule has 0 fully saturated rings. The molecular weight excluding hydrogens is 476 g/mol. The SMILES string of the molecule is COc1ccc(S(=O)(=O)N[C@H](C)[C@H]2c3cc(OC)c(OC)cc3CCN2Cc2ccccc2C)cc1. The summed E-state index contributed by atoms with van der Waals surface area (Å²) >= 11 is 0. The molecule has 0 aliphatic carbocycles. The maximum absolute atomic E-state index is 13.3. The molecule has 0 radical (unpaired) electrons. The number of fused-ring (bicyclic) bond motifs is 1. The van der Waals surface area contributed by atoms with Gasteiger partial charge in [-0.15, -0.1) is 0 Å². The van der Waals surface area contributed by atoms with Crippen molar-refractivity contribution >= 4 is 10.0 Å². The standard InChI is InChI=1S/C28H34N2O5S/c1-19-8-6-7-9-22(19)18-30-15-14-21-16-26(34-4)27(35-5)17-25(21)28(30)20(2)29-36(31,32)24-12-10-23(33-3)11-13-24/h6-13,16-17,20,28-29H,14-15,18H2,1-5H3/t20-,28+/m1/s1. The number of hydrogen-bond donors (Lipinski definition) is 1. The van der Waals surface area contributed by atoms with E-state index < -0.39 is 16.1 Å². The van der Waals surface area contributed by atoms with Gasteiger partial charge in [0.15, 0.2) is 11.5 Å². The summed E-state index contributed by atoms with van der Waals surface area (Å²) in [4.78, 5) is 2.54. The molecule has 1 aliphatic rings. The molecule has 0 amide bonds. The van der Waals surface area contributed by atoms with Gasteiger partial charge in [0.05, 0.1) is 32.3 Å². The monoisotopic (exact) mass is 510 g/mol. The summed E-state index contributed by atoms with van der Waals surface area (Å²) in [5.41, 5.74) is 4.60. The summed E-state index contributed by atoms with van der Waals surface area (Å²) in [7, 11) is 1.03. The molecule has 1 heterocycles. The molecule has 192 valence electrons. The highest BCUT2D eigenvalue weighted by Crippen LogP contribution is 2.40. The van der Waals surface area contributed by atoms with E-state index >= 15 is 0 Å². The van der Waals surface area contributed by atoms with Crippen LogP contribution in [-0.2, 0) is 23.0 Å². The van der Waals surface area contributed by atoms with Crippen LogP contribution < -0.4 is 18.9 Å². The summed E-state index contributed by atoms with van der Waals surface area (Å²) < 4.78 is 45.9. The Hall–Kier alpha value is -3.07. The molecule has 36 heavy (non-hydrogen) atoms. The zero-order valence-corrected chi connectivity index (χ0v) is 22.3. The van der Waals surface area contributed by atoms with Crippen LogP contribution in [0.3, 0.4) is 0 Å². The van der Waals surface area contributed by atoms with Crippen molar-refractivity contribution in [2.45, 2.75) is 43.8 Å². The van der Waals surface area contributed by atoms with E-state index in [1.54, 1.807) is 45.6 Å². The number of hydrogen-bond acceptors (Lipinski definition) is 6. The third-order valence-electron chi connectivity index (χ3n) is 6.84. The van der Waals surface area contributed by atoms with E-state index in [2.05, 4.69) is 28.7 Å². The Morgan fingerprint density at radius 3 is 2.28 bits per heavy atom. The molecule has 1 N–H and O–H groups in total. The number of aryl methyl sites for hydroxylation is 1. The van der Waals surface area contributed by atoms with Gasteiger partial charge in [-0.1, -0.05) is 24.3 Å². The van der Waals surface area contributed by atoms with E-state index in [-0.39, 0.29) is 10.9 Å². The fourth-order valence-electron chi connectivity index (χ4n) is 4.93. The van der Waals surface area contributed by atoms with Crippen molar-refractivity contribution in [2.24, 2.45) is 0 Å². The van der Waals surface area contributed by atoms with Gasteiger partial charge in [-0.2, -0.15) is 0 Å². The summed E-state index contributed by atoms with van der Waals surface area (Å²) in [6.45, 7) is 5.52. The zero-order valence-electron chi connectivity index (χ0n) is 21.4. The van der Waals surface area contributed by atoms with Crippen molar-refractivity contribution in [2.75, 3.05) is 27.9 Å². The Morgan fingerprint density at radius 2 is 1.64 bits per heavy atom. The molecule has 0 bridgehead atoms. The normalized spacial score (nSPS) is 16.8. The maximum Gasteiger partial charge on any atom is 0.240 e. The van der Waals surface area contributed by atoms with Crippen molar-refractivity contribution in [1.29, 1.82) is 0 Å². The lowest BCUT2D eigenvalue weighted by Crippen LogP contribution is -2.47. The summed E-state index contributed by atoms with van der Waals surface area (Å²) in [6, 6.07) is 18.1. The molecule has 0 aromatic heterocycles. The van der Waals surface area contributed by atoms with E-state index in [0.717, 1.165) is 24.1 Å². The lowest BCUT2D eigenvalue weighted by atomic mass is 9.88. The van der Waals surface area contributed by atoms with Crippen LogP contribution in [-0.4, -0.2) is 47.2 Å². The third kappa shape index (κ3) is 5.36. The fraction of sp³-hybridized carbons (Fsp3) is 0.357. The largest absolute Gasteiger partial charge is 0.497 e. The molecular formula is C28H34N2O5S. The minimum atomic E-state index is -3.76. The van der Waals surface area contributed by atoms with Gasteiger partial charge in [-0.05, 0) is 78.9 Å². The van der Waals surface area contributed by atoms with E-state index in [4.69, 9.17) is 14.2 Å². The van der Waals surface area contributed by atoms with Crippen LogP contribution in [0.4, 0.5) is 0 Å². The highest BCUT2D eigenvalue weighted by molar-refractivity contribution is 7.89. The molecule has 0 saturated heterocycles. The van der Waals surface area contributed by atoms with Crippen molar-refractivity contribution in [3.05, 3.63) is 82.9 Å². The van der Waals surface area contributed by atoms with Crippen LogP contribution in [0.15, 0.2) is 65.6 Å². The molecule has 0 unspecified atom stereocenters. The number of nitrogens with one attached hydrogen (secondary N) is 1. The topological polar surface area (TPSA) is 77.1 Å². The molecule has 0 spiro atoms. The Balaban J connectivity index is 1.72. The van der Waals surface area contributed by atoms with Crippen LogP contribution >= 0.6 is 0 Å². The summed E-state index contributed by atoms with van der Waals surface area (Å²) in [5.74, 6) is 1.91. The molecule has 1 aliphatic heterocycles. The van der Waals surface area contributed by atoms with Gasteiger partial charge in [0.1, 0.15) is 5.75 Å². The minimum Gasteiger partial charge on any atom is -0.497 e. The Bertz CT molecular complexity index is 1310. The van der Waals surface area contributed by atoms with Gasteiger partial charge in [-0.3, -0.25) is 4.90 Å². The van der Waals surface area contributed by atoms with E-state index in [1.165, 1.54) is 11.1 Å². The van der Waals surface area contributed by atoms with E-state index in [0.29, 0.717) is 23.8 Å². The Labute approximate surface area is 214 Å². The Morgan fingerprint density at radius 1 is 0.972 bits per heavy atom. The van der Waals surface area contributed by atoms with Crippen LogP contribution in [0.25, 0.3) is 0 Å². The second-order valence-corrected chi connectivity index (χ2v) is 10.8. The second kappa shape index (κ2) is 10.9. The van der Waals surface area contributed by atoms with Gasteiger partial charge in [0.25, 0.3) is 0 Å². The number of sulfonamides is 1. The average molecular weight is 511 g/mol.